The molecule has 4 aromatic carbocycles. The van der Waals surface area contributed by atoms with Crippen LogP contribution < -0.4 is 4.72 Å². The largest absolute Gasteiger partial charge is 0.374 e. The maximum absolute atomic E-state index is 14.1. The first-order valence-corrected chi connectivity index (χ1v) is 21.6. The lowest BCUT2D eigenvalue weighted by Gasteiger charge is -2.47. The summed E-state index contributed by atoms with van der Waals surface area (Å²) in [6.45, 7) is 7.99. The van der Waals surface area contributed by atoms with Gasteiger partial charge in [-0.25, -0.2) is 8.42 Å². The third-order valence-corrected chi connectivity index (χ3v) is 12.1. The summed E-state index contributed by atoms with van der Waals surface area (Å²) >= 11 is 0. The molecule has 0 saturated carbocycles. The van der Waals surface area contributed by atoms with Crippen molar-refractivity contribution in [2.24, 2.45) is 0 Å². The highest BCUT2D eigenvalue weighted by Crippen LogP contribution is 2.44. The van der Waals surface area contributed by atoms with Crippen LogP contribution in [0.5, 0.6) is 0 Å². The Morgan fingerprint density at radius 3 is 1.64 bits per heavy atom. The summed E-state index contributed by atoms with van der Waals surface area (Å²) in [7, 11) is -4.15. The first-order valence-electron chi connectivity index (χ1n) is 20.1. The van der Waals surface area contributed by atoms with Crippen LogP contribution in [0.3, 0.4) is 0 Å². The number of rotatable bonds is 16. The lowest BCUT2D eigenvalue weighted by molar-refractivity contribution is -0.288. The number of hydrogen-bond acceptors (Lipinski definition) is 12. The number of sulfonamides is 1. The van der Waals surface area contributed by atoms with Crippen LogP contribution in [0.2, 0.25) is 0 Å². The zero-order chi connectivity index (χ0) is 41.0. The smallest absolute Gasteiger partial charge is 0.242 e. The fraction of sp³-hybridized carbons (Fsp3) is 0.467. The van der Waals surface area contributed by atoms with E-state index in [9.17, 15) is 8.42 Å². The standard InChI is InChI=1S/C45H53NO12S/c1-44(2)55-37-35(54-43-41(39(37)56-44)57-45(3,4)58-43)29-52-40-38(51-27-32-21-13-7-14-22-32)36(50-26-31-19-11-6-12-20-31)34(28-49-25-30-17-9-5-10-18-30)53-42(40)46-59(47,48)33-23-15-8-16-24-33/h5-24,34-43,46H,25-29H2,1-4H3/t34-,35-,36-,37+,38+,39+,40-,41-,42+,43-/m1/s1. The van der Waals surface area contributed by atoms with Crippen molar-refractivity contribution >= 4 is 10.0 Å². The van der Waals surface area contributed by atoms with Crippen molar-refractivity contribution in [1.82, 2.24) is 4.72 Å². The minimum Gasteiger partial charge on any atom is -0.374 e. The summed E-state index contributed by atoms with van der Waals surface area (Å²) in [4.78, 5) is 0.0627. The van der Waals surface area contributed by atoms with Gasteiger partial charge in [-0.1, -0.05) is 109 Å². The van der Waals surface area contributed by atoms with E-state index in [-0.39, 0.29) is 31.3 Å². The molecule has 4 heterocycles. The van der Waals surface area contributed by atoms with E-state index < -0.39 is 82.9 Å². The van der Waals surface area contributed by atoms with Gasteiger partial charge in [-0.2, -0.15) is 4.72 Å². The highest BCUT2D eigenvalue weighted by atomic mass is 32.2. The minimum atomic E-state index is -4.15. The van der Waals surface area contributed by atoms with E-state index in [2.05, 4.69) is 4.72 Å². The van der Waals surface area contributed by atoms with Crippen molar-refractivity contribution in [2.75, 3.05) is 13.2 Å². The molecule has 0 aromatic heterocycles. The van der Waals surface area contributed by atoms with Crippen molar-refractivity contribution < 1.29 is 55.8 Å². The molecule has 59 heavy (non-hydrogen) atoms. The molecule has 4 fully saturated rings. The average molecular weight is 832 g/mol. The molecule has 0 unspecified atom stereocenters. The van der Waals surface area contributed by atoms with Gasteiger partial charge in [-0.05, 0) is 56.5 Å². The monoisotopic (exact) mass is 831 g/mol. The summed E-state index contributed by atoms with van der Waals surface area (Å²) in [6, 6.07) is 37.4. The summed E-state index contributed by atoms with van der Waals surface area (Å²) in [5, 5.41) is 0. The summed E-state index contributed by atoms with van der Waals surface area (Å²) in [6.07, 6.45) is -7.95. The summed E-state index contributed by atoms with van der Waals surface area (Å²) < 4.78 is 96.1. The van der Waals surface area contributed by atoms with Gasteiger partial charge in [0.15, 0.2) is 24.1 Å². The van der Waals surface area contributed by atoms with E-state index in [1.807, 2.05) is 119 Å². The molecule has 10 atom stereocenters. The Bertz CT molecular complexity index is 2040. The highest BCUT2D eigenvalue weighted by Gasteiger charge is 2.61. The Labute approximate surface area is 346 Å². The second-order valence-electron chi connectivity index (χ2n) is 16.1. The van der Waals surface area contributed by atoms with E-state index in [0.29, 0.717) is 6.61 Å². The molecule has 0 spiro atoms. The molecule has 0 aliphatic carbocycles. The maximum atomic E-state index is 14.1. The van der Waals surface area contributed by atoms with E-state index in [0.717, 1.165) is 16.7 Å². The second kappa shape index (κ2) is 18.2. The van der Waals surface area contributed by atoms with Crippen LogP contribution >= 0.6 is 0 Å². The van der Waals surface area contributed by atoms with Crippen LogP contribution in [0, 0.1) is 0 Å². The predicted octanol–water partition coefficient (Wildman–Crippen LogP) is 5.86. The molecule has 1 N–H and O–H groups in total. The third kappa shape index (κ3) is 10.3. The Kier molecular flexibility index (Phi) is 13.0. The normalized spacial score (nSPS) is 31.1. The Balaban J connectivity index is 1.13. The highest BCUT2D eigenvalue weighted by molar-refractivity contribution is 7.89. The number of benzene rings is 4. The molecule has 316 valence electrons. The van der Waals surface area contributed by atoms with Crippen LogP contribution in [-0.2, 0) is 77.2 Å². The molecule has 13 nitrogen and oxygen atoms in total. The van der Waals surface area contributed by atoms with Gasteiger partial charge in [0.2, 0.25) is 10.0 Å². The zero-order valence-corrected chi connectivity index (χ0v) is 34.5. The number of ether oxygens (including phenoxy) is 10. The van der Waals surface area contributed by atoms with Crippen LogP contribution in [-0.4, -0.2) is 94.6 Å². The van der Waals surface area contributed by atoms with Crippen molar-refractivity contribution in [3.05, 3.63) is 138 Å². The van der Waals surface area contributed by atoms with Gasteiger partial charge < -0.3 is 47.4 Å². The van der Waals surface area contributed by atoms with Crippen LogP contribution in [0.25, 0.3) is 0 Å². The predicted molar refractivity (Wildman–Crippen MR) is 214 cm³/mol. The lowest BCUT2D eigenvalue weighted by Crippen LogP contribution is -2.66. The molecule has 0 bridgehead atoms. The first-order chi connectivity index (χ1) is 28.4. The summed E-state index contributed by atoms with van der Waals surface area (Å²) in [5.74, 6) is -1.85. The maximum Gasteiger partial charge on any atom is 0.242 e. The van der Waals surface area contributed by atoms with Crippen molar-refractivity contribution in [1.29, 1.82) is 0 Å². The third-order valence-electron chi connectivity index (χ3n) is 10.6. The van der Waals surface area contributed by atoms with E-state index in [1.165, 1.54) is 12.1 Å². The SMILES string of the molecule is CC1(C)O[C@H]2[C@@H](O1)[C@@H](CO[C@@H]1[C@@H](OCc3ccccc3)[C@H](OCc3ccccc3)[C@@H](COCc3ccccc3)O[C@@H]1NS(=O)(=O)c1ccccc1)O[C@@H]1OC(C)(C)O[C@@H]12. The molecular weight excluding hydrogens is 779 g/mol. The van der Waals surface area contributed by atoms with Crippen LogP contribution in [0.1, 0.15) is 44.4 Å². The second-order valence-corrected chi connectivity index (χ2v) is 17.8. The first kappa shape index (κ1) is 42.1. The molecule has 8 rings (SSSR count). The Morgan fingerprint density at radius 2 is 1.03 bits per heavy atom. The molecular formula is C45H53NO12S. The molecule has 14 heteroatoms. The van der Waals surface area contributed by atoms with E-state index in [1.54, 1.807) is 18.2 Å². The van der Waals surface area contributed by atoms with E-state index >= 15 is 0 Å². The quantitative estimate of drug-likeness (QED) is 0.145. The fourth-order valence-electron chi connectivity index (χ4n) is 7.97. The molecule has 0 amide bonds. The molecule has 4 aliphatic rings. The minimum absolute atomic E-state index is 0.0573. The molecule has 0 radical (unpaired) electrons. The Morgan fingerprint density at radius 1 is 0.525 bits per heavy atom. The average Bonchev–Trinajstić information content (AvgIpc) is 3.74. The van der Waals surface area contributed by atoms with E-state index in [4.69, 9.17) is 47.4 Å². The molecule has 4 aromatic rings. The summed E-state index contributed by atoms with van der Waals surface area (Å²) in [5.41, 5.74) is 2.81. The topological polar surface area (TPSA) is 138 Å². The van der Waals surface area contributed by atoms with Gasteiger partial charge in [-0.15, -0.1) is 0 Å². The van der Waals surface area contributed by atoms with Gasteiger partial charge in [0.1, 0.15) is 48.8 Å². The number of hydrogen-bond donors (Lipinski definition) is 1. The molecule has 4 saturated heterocycles. The van der Waals surface area contributed by atoms with Crippen molar-refractivity contribution in [3.63, 3.8) is 0 Å². The fourth-order valence-corrected chi connectivity index (χ4v) is 9.12. The van der Waals surface area contributed by atoms with Gasteiger partial charge in [0.05, 0.1) is 37.9 Å². The van der Waals surface area contributed by atoms with Gasteiger partial charge in [0.25, 0.3) is 0 Å². The zero-order valence-electron chi connectivity index (χ0n) is 33.7. The van der Waals surface area contributed by atoms with Gasteiger partial charge in [0, 0.05) is 0 Å². The van der Waals surface area contributed by atoms with Crippen molar-refractivity contribution in [2.45, 2.75) is 125 Å². The Hall–Kier alpha value is -3.61. The number of fused-ring (bicyclic) bond motifs is 3. The lowest BCUT2D eigenvalue weighted by atomic mass is 9.96. The number of nitrogens with one attached hydrogen (secondary N) is 1. The van der Waals surface area contributed by atoms with Crippen molar-refractivity contribution in [3.8, 4) is 0 Å². The van der Waals surface area contributed by atoms with Gasteiger partial charge >= 0.3 is 0 Å². The van der Waals surface area contributed by atoms with Crippen LogP contribution in [0.4, 0.5) is 0 Å². The molecule has 4 aliphatic heterocycles. The van der Waals surface area contributed by atoms with Crippen LogP contribution in [0.15, 0.2) is 126 Å². The van der Waals surface area contributed by atoms with Gasteiger partial charge in [-0.3, -0.25) is 0 Å².